The molecule has 21 heavy (non-hydrogen) atoms. The van der Waals surface area contributed by atoms with Crippen LogP contribution in [0.3, 0.4) is 0 Å². The van der Waals surface area contributed by atoms with Gasteiger partial charge in [-0.25, -0.2) is 0 Å². The molecule has 0 fully saturated rings. The van der Waals surface area contributed by atoms with Gasteiger partial charge >= 0.3 is 0 Å². The Morgan fingerprint density at radius 2 is 2.10 bits per heavy atom. The molecule has 0 aliphatic carbocycles. The Bertz CT molecular complexity index is 605. The molecule has 0 saturated carbocycles. The van der Waals surface area contributed by atoms with Crippen molar-refractivity contribution in [3.63, 3.8) is 0 Å². The van der Waals surface area contributed by atoms with Gasteiger partial charge in [0.25, 0.3) is 0 Å². The Morgan fingerprint density at radius 1 is 1.29 bits per heavy atom. The molecule has 1 atom stereocenters. The van der Waals surface area contributed by atoms with E-state index in [2.05, 4.69) is 67.3 Å². The molecule has 2 aromatic rings. The summed E-state index contributed by atoms with van der Waals surface area (Å²) in [7, 11) is 0. The highest BCUT2D eigenvalue weighted by Gasteiger charge is 2.16. The maximum absolute atomic E-state index is 6.25. The summed E-state index contributed by atoms with van der Waals surface area (Å²) in [5.41, 5.74) is 2.34. The predicted molar refractivity (Wildman–Crippen MR) is 95.8 cm³/mol. The molecule has 5 heteroatoms. The number of hydrogen-bond acceptors (Lipinski definition) is 2. The first-order valence-electron chi connectivity index (χ1n) is 6.88. The van der Waals surface area contributed by atoms with Crippen molar-refractivity contribution in [1.29, 1.82) is 0 Å². The van der Waals surface area contributed by atoms with Crippen molar-refractivity contribution in [2.45, 2.75) is 25.8 Å². The van der Waals surface area contributed by atoms with Gasteiger partial charge in [-0.3, -0.25) is 4.98 Å². The Morgan fingerprint density at radius 3 is 2.76 bits per heavy atom. The average molecular weight is 433 g/mol. The van der Waals surface area contributed by atoms with Gasteiger partial charge in [0.05, 0.1) is 5.02 Å². The number of pyridine rings is 1. The Hall–Kier alpha value is -0.420. The smallest absolute Gasteiger partial charge is 0.0622 e. The lowest BCUT2D eigenvalue weighted by molar-refractivity contribution is 0.527. The monoisotopic (exact) mass is 430 g/mol. The first kappa shape index (κ1) is 16.9. The van der Waals surface area contributed by atoms with Gasteiger partial charge in [-0.1, -0.05) is 56.5 Å². The van der Waals surface area contributed by atoms with Crippen LogP contribution < -0.4 is 5.32 Å². The largest absolute Gasteiger partial charge is 0.310 e. The summed E-state index contributed by atoms with van der Waals surface area (Å²) < 4.78 is 2.16. The highest BCUT2D eigenvalue weighted by Crippen LogP contribution is 2.30. The maximum atomic E-state index is 6.25. The third-order valence-electron chi connectivity index (χ3n) is 3.26. The zero-order valence-electron chi connectivity index (χ0n) is 11.7. The molecule has 1 aromatic heterocycles. The molecule has 2 rings (SSSR count). The van der Waals surface area contributed by atoms with E-state index in [-0.39, 0.29) is 6.04 Å². The second-order valence-corrected chi connectivity index (χ2v) is 7.02. The van der Waals surface area contributed by atoms with Crippen molar-refractivity contribution in [3.05, 3.63) is 61.8 Å². The van der Waals surface area contributed by atoms with Crippen molar-refractivity contribution in [1.82, 2.24) is 10.3 Å². The van der Waals surface area contributed by atoms with Gasteiger partial charge in [0.1, 0.15) is 0 Å². The van der Waals surface area contributed by atoms with E-state index < -0.39 is 0 Å². The summed E-state index contributed by atoms with van der Waals surface area (Å²) in [5, 5.41) is 4.31. The molecular formula is C16H17Br2ClN2. The summed E-state index contributed by atoms with van der Waals surface area (Å²) in [6, 6.07) is 8.47. The highest BCUT2D eigenvalue weighted by molar-refractivity contribution is 9.11. The Kier molecular flexibility index (Phi) is 6.68. The topological polar surface area (TPSA) is 24.9 Å². The predicted octanol–water partition coefficient (Wildman–Crippen LogP) is 5.54. The third-order valence-corrected chi connectivity index (χ3v) is 4.78. The van der Waals surface area contributed by atoms with Gasteiger partial charge in [0.2, 0.25) is 0 Å². The lowest BCUT2D eigenvalue weighted by Gasteiger charge is -2.21. The first-order valence-corrected chi connectivity index (χ1v) is 8.85. The SMILES string of the molecule is CCCNC(Cc1ccncc1Cl)c1ccc(Br)cc1Br. The quantitative estimate of drug-likeness (QED) is 0.648. The van der Waals surface area contributed by atoms with Crippen molar-refractivity contribution in [3.8, 4) is 0 Å². The van der Waals surface area contributed by atoms with Crippen LogP contribution in [0.4, 0.5) is 0 Å². The molecule has 1 aromatic carbocycles. The van der Waals surface area contributed by atoms with Crippen molar-refractivity contribution >= 4 is 43.5 Å². The van der Waals surface area contributed by atoms with Crippen LogP contribution in [0.2, 0.25) is 5.02 Å². The summed E-state index contributed by atoms with van der Waals surface area (Å²) in [5.74, 6) is 0. The minimum atomic E-state index is 0.215. The molecule has 0 saturated heterocycles. The van der Waals surface area contributed by atoms with Gasteiger partial charge in [0, 0.05) is 27.4 Å². The fourth-order valence-corrected chi connectivity index (χ4v) is 3.70. The number of nitrogens with one attached hydrogen (secondary N) is 1. The molecule has 0 spiro atoms. The highest BCUT2D eigenvalue weighted by atomic mass is 79.9. The fourth-order valence-electron chi connectivity index (χ4n) is 2.18. The zero-order chi connectivity index (χ0) is 15.2. The van der Waals surface area contributed by atoms with E-state index >= 15 is 0 Å². The number of benzene rings is 1. The molecule has 1 N–H and O–H groups in total. The van der Waals surface area contributed by atoms with Crippen LogP contribution in [0.5, 0.6) is 0 Å². The van der Waals surface area contributed by atoms with Crippen molar-refractivity contribution in [2.24, 2.45) is 0 Å². The van der Waals surface area contributed by atoms with Crippen molar-refractivity contribution < 1.29 is 0 Å². The van der Waals surface area contributed by atoms with Crippen LogP contribution in [-0.4, -0.2) is 11.5 Å². The minimum Gasteiger partial charge on any atom is -0.310 e. The number of hydrogen-bond donors (Lipinski definition) is 1. The standard InChI is InChI=1S/C16H17Br2ClN2/c1-2-6-21-16(8-11-5-7-20-10-15(11)19)13-4-3-12(17)9-14(13)18/h3-5,7,9-10,16,21H,2,6,8H2,1H3. The first-order chi connectivity index (χ1) is 10.1. The van der Waals surface area contributed by atoms with Gasteiger partial charge in [-0.2, -0.15) is 0 Å². The number of aromatic nitrogens is 1. The summed E-state index contributed by atoms with van der Waals surface area (Å²) in [6.07, 6.45) is 5.41. The van der Waals surface area contributed by atoms with E-state index in [4.69, 9.17) is 11.6 Å². The average Bonchev–Trinajstić information content (AvgIpc) is 2.46. The van der Waals surface area contributed by atoms with E-state index in [9.17, 15) is 0 Å². The molecule has 1 unspecified atom stereocenters. The molecule has 112 valence electrons. The fraction of sp³-hybridized carbons (Fsp3) is 0.312. The van der Waals surface area contributed by atoms with Crippen LogP contribution in [0.25, 0.3) is 0 Å². The number of nitrogens with zero attached hydrogens (tertiary/aromatic N) is 1. The van der Waals surface area contributed by atoms with E-state index in [0.717, 1.165) is 33.9 Å². The minimum absolute atomic E-state index is 0.215. The Labute approximate surface area is 147 Å². The molecule has 0 aliphatic rings. The van der Waals surface area contributed by atoms with E-state index in [0.29, 0.717) is 5.02 Å². The van der Waals surface area contributed by atoms with E-state index in [1.54, 1.807) is 12.4 Å². The van der Waals surface area contributed by atoms with Gasteiger partial charge in [-0.05, 0) is 48.7 Å². The zero-order valence-corrected chi connectivity index (χ0v) is 15.7. The van der Waals surface area contributed by atoms with Gasteiger partial charge in [0.15, 0.2) is 0 Å². The Balaban J connectivity index is 2.27. The molecular weight excluding hydrogens is 415 g/mol. The second kappa shape index (κ2) is 8.28. The molecule has 0 radical (unpaired) electrons. The maximum Gasteiger partial charge on any atom is 0.0622 e. The molecule has 0 aliphatic heterocycles. The molecule has 1 heterocycles. The molecule has 2 nitrogen and oxygen atoms in total. The van der Waals surface area contributed by atoms with Crippen LogP contribution in [0.15, 0.2) is 45.6 Å². The van der Waals surface area contributed by atoms with E-state index in [1.165, 1.54) is 5.56 Å². The summed E-state index contributed by atoms with van der Waals surface area (Å²) in [6.45, 7) is 3.13. The van der Waals surface area contributed by atoms with E-state index in [1.807, 2.05) is 6.07 Å². The lowest BCUT2D eigenvalue weighted by atomic mass is 9.99. The summed E-state index contributed by atoms with van der Waals surface area (Å²) >= 11 is 13.4. The van der Waals surface area contributed by atoms with Crippen molar-refractivity contribution in [2.75, 3.05) is 6.54 Å². The number of halogens is 3. The van der Waals surface area contributed by atoms with Gasteiger partial charge in [-0.15, -0.1) is 0 Å². The second-order valence-electron chi connectivity index (χ2n) is 4.84. The summed E-state index contributed by atoms with van der Waals surface area (Å²) in [4.78, 5) is 4.05. The van der Waals surface area contributed by atoms with Crippen LogP contribution >= 0.6 is 43.5 Å². The normalized spacial score (nSPS) is 12.4. The van der Waals surface area contributed by atoms with Crippen LogP contribution in [0.1, 0.15) is 30.5 Å². The van der Waals surface area contributed by atoms with Crippen LogP contribution in [-0.2, 0) is 6.42 Å². The van der Waals surface area contributed by atoms with Gasteiger partial charge < -0.3 is 5.32 Å². The third kappa shape index (κ3) is 4.78. The van der Waals surface area contributed by atoms with Crippen LogP contribution in [0, 0.1) is 0 Å². The molecule has 0 bridgehead atoms. The molecule has 0 amide bonds. The lowest BCUT2D eigenvalue weighted by Crippen LogP contribution is -2.24. The number of rotatable bonds is 6.